The first kappa shape index (κ1) is 14.8. The second-order valence-corrected chi connectivity index (χ2v) is 5.30. The van der Waals surface area contributed by atoms with Crippen LogP contribution in [0.1, 0.15) is 0 Å². The van der Waals surface area contributed by atoms with Gasteiger partial charge in [-0.2, -0.15) is 0 Å². The molecule has 0 aliphatic rings. The second-order valence-electron chi connectivity index (χ2n) is 3.21. The Morgan fingerprint density at radius 3 is 2.89 bits per heavy atom. The number of carbonyl (C=O) groups is 1. The number of amides is 1. The highest BCUT2D eigenvalue weighted by atomic mass is 35.5. The van der Waals surface area contributed by atoms with Crippen LogP contribution in [0.2, 0.25) is 5.15 Å². The average Bonchev–Trinajstić information content (AvgIpc) is 2.28. The van der Waals surface area contributed by atoms with E-state index in [1.54, 1.807) is 0 Å². The van der Waals surface area contributed by atoms with Crippen LogP contribution in [0.25, 0.3) is 0 Å². The number of primary amides is 1. The van der Waals surface area contributed by atoms with E-state index in [1.807, 2.05) is 0 Å². The third-order valence-corrected chi connectivity index (χ3v) is 3.70. The van der Waals surface area contributed by atoms with Crippen LogP contribution in [-0.2, 0) is 19.6 Å². The standard InChI is InChI=1S/C9H12ClN3O4S/c10-9-7(2-1-3-12-9)18(15,16)13-4-5-17-6-8(11)14/h1-3,13H,4-6H2,(H2,11,14). The molecule has 100 valence electrons. The number of hydrogen-bond acceptors (Lipinski definition) is 5. The highest BCUT2D eigenvalue weighted by Crippen LogP contribution is 2.16. The van der Waals surface area contributed by atoms with Crippen molar-refractivity contribution in [1.29, 1.82) is 0 Å². The normalized spacial score (nSPS) is 11.4. The fraction of sp³-hybridized carbons (Fsp3) is 0.333. The summed E-state index contributed by atoms with van der Waals surface area (Å²) >= 11 is 5.67. The van der Waals surface area contributed by atoms with E-state index in [1.165, 1.54) is 18.3 Å². The first-order valence-corrected chi connectivity index (χ1v) is 6.76. The Hall–Kier alpha value is -1.22. The summed E-state index contributed by atoms with van der Waals surface area (Å²) in [5.41, 5.74) is 4.84. The molecule has 0 saturated carbocycles. The van der Waals surface area contributed by atoms with Gasteiger partial charge in [-0.15, -0.1) is 0 Å². The maximum Gasteiger partial charge on any atom is 0.243 e. The maximum atomic E-state index is 11.8. The number of ether oxygens (including phenoxy) is 1. The molecule has 1 heterocycles. The van der Waals surface area contributed by atoms with Gasteiger partial charge in [0, 0.05) is 12.7 Å². The van der Waals surface area contributed by atoms with Gasteiger partial charge in [-0.3, -0.25) is 4.79 Å². The Labute approximate surface area is 109 Å². The molecule has 1 aromatic heterocycles. The first-order valence-electron chi connectivity index (χ1n) is 4.89. The molecule has 1 rings (SSSR count). The summed E-state index contributed by atoms with van der Waals surface area (Å²) in [5.74, 6) is -0.617. The van der Waals surface area contributed by atoms with Gasteiger partial charge in [0.25, 0.3) is 0 Å². The summed E-state index contributed by atoms with van der Waals surface area (Å²) in [7, 11) is -3.73. The number of carbonyl (C=O) groups excluding carboxylic acids is 1. The van der Waals surface area contributed by atoms with E-state index in [4.69, 9.17) is 22.1 Å². The number of hydrogen-bond donors (Lipinski definition) is 2. The number of rotatable bonds is 7. The molecule has 0 radical (unpaired) electrons. The first-order chi connectivity index (χ1) is 8.43. The van der Waals surface area contributed by atoms with E-state index >= 15 is 0 Å². The third kappa shape index (κ3) is 4.57. The molecule has 9 heteroatoms. The summed E-state index contributed by atoms with van der Waals surface area (Å²) in [6, 6.07) is 2.80. The molecule has 0 saturated heterocycles. The molecule has 0 bridgehead atoms. The van der Waals surface area contributed by atoms with Crippen LogP contribution in [0, 0.1) is 0 Å². The number of nitrogens with zero attached hydrogens (tertiary/aromatic N) is 1. The zero-order valence-corrected chi connectivity index (χ0v) is 10.9. The summed E-state index contributed by atoms with van der Waals surface area (Å²) < 4.78 is 30.6. The molecule has 0 spiro atoms. The zero-order chi connectivity index (χ0) is 13.6. The highest BCUT2D eigenvalue weighted by molar-refractivity contribution is 7.89. The van der Waals surface area contributed by atoms with Crippen molar-refractivity contribution in [2.24, 2.45) is 5.73 Å². The Morgan fingerprint density at radius 2 is 2.28 bits per heavy atom. The summed E-state index contributed by atoms with van der Waals surface area (Å²) in [5, 5.41) is -0.108. The molecule has 0 aliphatic carbocycles. The number of pyridine rings is 1. The largest absolute Gasteiger partial charge is 0.370 e. The van der Waals surface area contributed by atoms with Crippen LogP contribution >= 0.6 is 11.6 Å². The van der Waals surface area contributed by atoms with Crippen LogP contribution in [0.3, 0.4) is 0 Å². The van der Waals surface area contributed by atoms with Crippen molar-refractivity contribution < 1.29 is 17.9 Å². The van der Waals surface area contributed by atoms with Gasteiger partial charge in [0.05, 0.1) is 6.61 Å². The van der Waals surface area contributed by atoms with Crippen molar-refractivity contribution in [3.8, 4) is 0 Å². The zero-order valence-electron chi connectivity index (χ0n) is 9.30. The van der Waals surface area contributed by atoms with E-state index < -0.39 is 15.9 Å². The molecule has 18 heavy (non-hydrogen) atoms. The SMILES string of the molecule is NC(=O)COCCNS(=O)(=O)c1cccnc1Cl. The van der Waals surface area contributed by atoms with Crippen molar-refractivity contribution in [2.75, 3.05) is 19.8 Å². The van der Waals surface area contributed by atoms with Crippen molar-refractivity contribution in [3.05, 3.63) is 23.5 Å². The van der Waals surface area contributed by atoms with Crippen LogP contribution in [0.5, 0.6) is 0 Å². The van der Waals surface area contributed by atoms with Gasteiger partial charge >= 0.3 is 0 Å². The Bertz CT molecular complexity index is 520. The van der Waals surface area contributed by atoms with E-state index in [0.29, 0.717) is 0 Å². The lowest BCUT2D eigenvalue weighted by atomic mass is 10.5. The molecular formula is C9H12ClN3O4S. The molecule has 0 fully saturated rings. The third-order valence-electron chi connectivity index (χ3n) is 1.80. The average molecular weight is 294 g/mol. The van der Waals surface area contributed by atoms with Crippen LogP contribution in [-0.4, -0.2) is 39.1 Å². The van der Waals surface area contributed by atoms with Crippen molar-refractivity contribution >= 4 is 27.5 Å². The molecule has 1 aromatic rings. The quantitative estimate of drug-likeness (QED) is 0.521. The summed E-state index contributed by atoms with van der Waals surface area (Å²) in [6.07, 6.45) is 1.39. The highest BCUT2D eigenvalue weighted by Gasteiger charge is 2.17. The number of halogens is 1. The Balaban J connectivity index is 2.51. The lowest BCUT2D eigenvalue weighted by Crippen LogP contribution is -2.29. The van der Waals surface area contributed by atoms with Gasteiger partial charge in [-0.25, -0.2) is 18.1 Å². The lowest BCUT2D eigenvalue weighted by Gasteiger charge is -2.07. The number of sulfonamides is 1. The molecule has 0 aromatic carbocycles. The smallest absolute Gasteiger partial charge is 0.243 e. The molecule has 0 atom stereocenters. The monoisotopic (exact) mass is 293 g/mol. The minimum atomic E-state index is -3.73. The van der Waals surface area contributed by atoms with E-state index in [0.717, 1.165) is 0 Å². The van der Waals surface area contributed by atoms with Crippen LogP contribution in [0.15, 0.2) is 23.2 Å². The predicted molar refractivity (Wildman–Crippen MR) is 64.4 cm³/mol. The van der Waals surface area contributed by atoms with Gasteiger partial charge in [0.15, 0.2) is 0 Å². The van der Waals surface area contributed by atoms with Gasteiger partial charge in [-0.1, -0.05) is 11.6 Å². The molecule has 3 N–H and O–H groups in total. The summed E-state index contributed by atoms with van der Waals surface area (Å²) in [4.78, 5) is 13.9. The van der Waals surface area contributed by atoms with Gasteiger partial charge in [-0.05, 0) is 12.1 Å². The van der Waals surface area contributed by atoms with Crippen molar-refractivity contribution in [3.63, 3.8) is 0 Å². The number of nitrogens with two attached hydrogens (primary N) is 1. The van der Waals surface area contributed by atoms with Crippen LogP contribution < -0.4 is 10.5 Å². The minimum absolute atomic E-state index is 0.000830. The predicted octanol–water partition coefficient (Wildman–Crippen LogP) is -0.485. The van der Waals surface area contributed by atoms with Gasteiger partial charge in [0.2, 0.25) is 15.9 Å². The molecule has 0 aliphatic heterocycles. The van der Waals surface area contributed by atoms with Crippen molar-refractivity contribution in [2.45, 2.75) is 4.90 Å². The van der Waals surface area contributed by atoms with Crippen molar-refractivity contribution in [1.82, 2.24) is 9.71 Å². The van der Waals surface area contributed by atoms with Gasteiger partial charge in [0.1, 0.15) is 16.7 Å². The number of aromatic nitrogens is 1. The van der Waals surface area contributed by atoms with Gasteiger partial charge < -0.3 is 10.5 Å². The molecule has 0 unspecified atom stereocenters. The second kappa shape index (κ2) is 6.64. The Morgan fingerprint density at radius 1 is 1.56 bits per heavy atom. The van der Waals surface area contributed by atoms with E-state index in [-0.39, 0.29) is 29.8 Å². The fourth-order valence-corrected chi connectivity index (χ4v) is 2.53. The van der Waals surface area contributed by atoms with E-state index in [9.17, 15) is 13.2 Å². The maximum absolute atomic E-state index is 11.8. The van der Waals surface area contributed by atoms with E-state index in [2.05, 4.69) is 9.71 Å². The Kier molecular flexibility index (Phi) is 5.48. The topological polar surface area (TPSA) is 111 Å². The minimum Gasteiger partial charge on any atom is -0.370 e. The van der Waals surface area contributed by atoms with Crippen LogP contribution in [0.4, 0.5) is 0 Å². The number of nitrogens with one attached hydrogen (secondary N) is 1. The molecule has 1 amide bonds. The lowest BCUT2D eigenvalue weighted by molar-refractivity contribution is -0.122. The summed E-state index contributed by atoms with van der Waals surface area (Å²) in [6.45, 7) is -0.226. The molecule has 7 nitrogen and oxygen atoms in total. The fourth-order valence-electron chi connectivity index (χ4n) is 1.07. The molecular weight excluding hydrogens is 282 g/mol.